The molecule has 1 aliphatic heterocycles. The Morgan fingerprint density at radius 1 is 1.10 bits per heavy atom. The molecule has 7 heteroatoms. The number of hydrogen-bond donors (Lipinski definition) is 2. The van der Waals surface area contributed by atoms with Crippen LogP contribution in [0.1, 0.15) is 80.1 Å². The van der Waals surface area contributed by atoms with E-state index in [0.717, 1.165) is 58.0 Å². The Morgan fingerprint density at radius 3 is 2.45 bits per heavy atom. The highest BCUT2D eigenvalue weighted by molar-refractivity contribution is 5.97. The molecule has 1 aromatic carbocycles. The Bertz CT molecular complexity index is 714. The maximum atomic E-state index is 13.0. The van der Waals surface area contributed by atoms with E-state index in [9.17, 15) is 9.59 Å². The zero-order valence-electron chi connectivity index (χ0n) is 18.8. The molecule has 1 heterocycles. The summed E-state index contributed by atoms with van der Waals surface area (Å²) in [7, 11) is 1.43. The van der Waals surface area contributed by atoms with E-state index >= 15 is 0 Å². The van der Waals surface area contributed by atoms with E-state index < -0.39 is 0 Å². The van der Waals surface area contributed by atoms with Crippen LogP contribution in [0.3, 0.4) is 0 Å². The molecule has 0 spiro atoms. The maximum absolute atomic E-state index is 13.0. The van der Waals surface area contributed by atoms with Gasteiger partial charge in [-0.1, -0.05) is 6.07 Å². The van der Waals surface area contributed by atoms with Crippen LogP contribution in [0.4, 0.5) is 0 Å². The first kappa shape index (κ1) is 25.5. The van der Waals surface area contributed by atoms with Gasteiger partial charge in [0.15, 0.2) is 0 Å². The van der Waals surface area contributed by atoms with Crippen molar-refractivity contribution in [3.8, 4) is 5.75 Å². The third-order valence-corrected chi connectivity index (χ3v) is 6.53. The molecule has 1 saturated heterocycles. The van der Waals surface area contributed by atoms with Crippen LogP contribution in [0, 0.1) is 5.92 Å². The molecule has 0 unspecified atom stereocenters. The van der Waals surface area contributed by atoms with Crippen molar-refractivity contribution in [3.63, 3.8) is 0 Å². The Kier molecular flexibility index (Phi) is 10.6. The van der Waals surface area contributed by atoms with Gasteiger partial charge in [0.25, 0.3) is 5.91 Å². The van der Waals surface area contributed by atoms with Crippen LogP contribution in [0.2, 0.25) is 0 Å². The Labute approximate surface area is 192 Å². The molecule has 31 heavy (non-hydrogen) atoms. The first-order valence-corrected chi connectivity index (χ1v) is 11.5. The predicted molar refractivity (Wildman–Crippen MR) is 124 cm³/mol. The van der Waals surface area contributed by atoms with Gasteiger partial charge in [-0.3, -0.25) is 9.59 Å². The zero-order chi connectivity index (χ0) is 21.3. The van der Waals surface area contributed by atoms with Gasteiger partial charge in [-0.2, -0.15) is 0 Å². The number of carbonyl (C=O) groups excluding carboxylic acids is 2. The summed E-state index contributed by atoms with van der Waals surface area (Å²) >= 11 is 0. The third-order valence-electron chi connectivity index (χ3n) is 6.53. The summed E-state index contributed by atoms with van der Waals surface area (Å²) in [4.78, 5) is 24.3. The molecule has 1 amide bonds. The quantitative estimate of drug-likeness (QED) is 0.577. The van der Waals surface area contributed by atoms with E-state index in [1.165, 1.54) is 12.7 Å². The van der Waals surface area contributed by atoms with Gasteiger partial charge >= 0.3 is 5.97 Å². The molecule has 6 nitrogen and oxygen atoms in total. The maximum Gasteiger partial charge on any atom is 0.305 e. The predicted octanol–water partition coefficient (Wildman–Crippen LogP) is 4.22. The minimum atomic E-state index is -0.137. The molecule has 0 atom stereocenters. The van der Waals surface area contributed by atoms with Crippen LogP contribution in [0.15, 0.2) is 18.2 Å². The Balaban J connectivity index is 0.00000341. The van der Waals surface area contributed by atoms with Gasteiger partial charge in [-0.15, -0.1) is 12.4 Å². The summed E-state index contributed by atoms with van der Waals surface area (Å²) < 4.78 is 10.6. The Hall–Kier alpha value is -1.79. The van der Waals surface area contributed by atoms with Crippen LogP contribution in [0.5, 0.6) is 5.75 Å². The molecule has 0 aromatic heterocycles. The lowest BCUT2D eigenvalue weighted by Crippen LogP contribution is -2.38. The molecule has 1 aliphatic carbocycles. The van der Waals surface area contributed by atoms with Crippen molar-refractivity contribution in [3.05, 3.63) is 29.3 Å². The molecule has 1 aromatic rings. The van der Waals surface area contributed by atoms with Crippen molar-refractivity contribution >= 4 is 24.3 Å². The smallest absolute Gasteiger partial charge is 0.305 e. The number of methoxy groups -OCH3 is 1. The van der Waals surface area contributed by atoms with Crippen LogP contribution in [-0.2, 0) is 9.53 Å². The highest BCUT2D eigenvalue weighted by Gasteiger charge is 2.25. The topological polar surface area (TPSA) is 76.7 Å². The minimum absolute atomic E-state index is 0. The lowest BCUT2D eigenvalue weighted by Gasteiger charge is -2.29. The summed E-state index contributed by atoms with van der Waals surface area (Å²) in [6.45, 7) is 4.58. The third kappa shape index (κ3) is 7.39. The van der Waals surface area contributed by atoms with E-state index in [-0.39, 0.29) is 30.3 Å². The number of halogens is 1. The van der Waals surface area contributed by atoms with Crippen molar-refractivity contribution < 1.29 is 19.1 Å². The number of rotatable bonds is 8. The summed E-state index contributed by atoms with van der Waals surface area (Å²) in [6, 6.07) is 6.28. The Morgan fingerprint density at radius 2 is 1.81 bits per heavy atom. The summed E-state index contributed by atoms with van der Waals surface area (Å²) in [5.41, 5.74) is 1.89. The largest absolute Gasteiger partial charge is 0.493 e. The number of benzene rings is 1. The molecule has 174 valence electrons. The highest BCUT2D eigenvalue weighted by Crippen LogP contribution is 2.31. The van der Waals surface area contributed by atoms with Crippen LogP contribution < -0.4 is 15.4 Å². The van der Waals surface area contributed by atoms with E-state index in [1.54, 1.807) is 0 Å². The zero-order valence-corrected chi connectivity index (χ0v) is 19.6. The lowest BCUT2D eigenvalue weighted by molar-refractivity contribution is -0.141. The van der Waals surface area contributed by atoms with Crippen molar-refractivity contribution in [2.75, 3.05) is 26.8 Å². The fourth-order valence-electron chi connectivity index (χ4n) is 4.69. The average molecular weight is 453 g/mol. The summed E-state index contributed by atoms with van der Waals surface area (Å²) in [6.07, 6.45) is 7.58. The van der Waals surface area contributed by atoms with Gasteiger partial charge in [0.2, 0.25) is 0 Å². The van der Waals surface area contributed by atoms with Crippen molar-refractivity contribution in [2.45, 2.75) is 70.3 Å². The number of amides is 1. The second-order valence-electron chi connectivity index (χ2n) is 8.52. The fraction of sp³-hybridized carbons (Fsp3) is 0.667. The minimum Gasteiger partial charge on any atom is -0.493 e. The van der Waals surface area contributed by atoms with Crippen LogP contribution >= 0.6 is 12.4 Å². The van der Waals surface area contributed by atoms with Gasteiger partial charge in [-0.05, 0) is 94.5 Å². The van der Waals surface area contributed by atoms with Gasteiger partial charge in [0.1, 0.15) is 5.75 Å². The molecule has 2 fully saturated rings. The standard InChI is InChI=1S/C24H36N2O4.ClH/c1-3-30-22-16-19(18-12-14-25-15-13-18)7-10-21(22)24(28)26-20-8-4-17(5-9-20)6-11-23(27)29-2;/h7,10,16-18,20,25H,3-6,8-9,11-15H2,1-2H3,(H,26,28);1H. The van der Waals surface area contributed by atoms with Gasteiger partial charge in [-0.25, -0.2) is 0 Å². The van der Waals surface area contributed by atoms with Gasteiger partial charge in [0, 0.05) is 12.5 Å². The van der Waals surface area contributed by atoms with Gasteiger partial charge in [0.05, 0.1) is 19.3 Å². The van der Waals surface area contributed by atoms with Crippen LogP contribution in [-0.4, -0.2) is 44.7 Å². The number of hydrogen-bond acceptors (Lipinski definition) is 5. The SMILES string of the molecule is CCOc1cc(C2CCNCC2)ccc1C(=O)NC1CCC(CCC(=O)OC)CC1.Cl. The van der Waals surface area contributed by atoms with Crippen molar-refractivity contribution in [1.29, 1.82) is 0 Å². The number of ether oxygens (including phenoxy) is 2. The number of nitrogens with one attached hydrogen (secondary N) is 2. The number of piperidine rings is 1. The molecule has 0 bridgehead atoms. The fourth-order valence-corrected chi connectivity index (χ4v) is 4.69. The first-order valence-electron chi connectivity index (χ1n) is 11.5. The average Bonchev–Trinajstić information content (AvgIpc) is 2.79. The summed E-state index contributed by atoms with van der Waals surface area (Å²) in [5, 5.41) is 6.61. The monoisotopic (exact) mass is 452 g/mol. The van der Waals surface area contributed by atoms with E-state index in [2.05, 4.69) is 22.8 Å². The molecule has 0 radical (unpaired) electrons. The number of carbonyl (C=O) groups is 2. The van der Waals surface area contributed by atoms with E-state index in [0.29, 0.717) is 36.2 Å². The van der Waals surface area contributed by atoms with Gasteiger partial charge < -0.3 is 20.1 Å². The lowest BCUT2D eigenvalue weighted by atomic mass is 9.83. The number of esters is 1. The second kappa shape index (κ2) is 12.9. The molecular weight excluding hydrogens is 416 g/mol. The normalized spacial score (nSPS) is 21.6. The molecular formula is C24H37ClN2O4. The van der Waals surface area contributed by atoms with E-state index in [4.69, 9.17) is 9.47 Å². The second-order valence-corrected chi connectivity index (χ2v) is 8.52. The first-order chi connectivity index (χ1) is 14.6. The summed E-state index contributed by atoms with van der Waals surface area (Å²) in [5.74, 6) is 1.58. The molecule has 1 saturated carbocycles. The van der Waals surface area contributed by atoms with E-state index in [1.807, 2.05) is 13.0 Å². The highest BCUT2D eigenvalue weighted by atomic mass is 35.5. The molecule has 2 aliphatic rings. The molecule has 2 N–H and O–H groups in total. The molecule has 3 rings (SSSR count). The van der Waals surface area contributed by atoms with Crippen molar-refractivity contribution in [1.82, 2.24) is 10.6 Å². The van der Waals surface area contributed by atoms with Crippen LogP contribution in [0.25, 0.3) is 0 Å². The van der Waals surface area contributed by atoms with Crippen molar-refractivity contribution in [2.24, 2.45) is 5.92 Å².